The first-order valence-corrected chi connectivity index (χ1v) is 34.7. The minimum absolute atomic E-state index is 0.0917. The number of carbonyl (C=O) groups is 1. The van der Waals surface area contributed by atoms with Crippen LogP contribution >= 0.6 is 0 Å². The standard InChI is InChI=1S/C66H108O32/c1-25-36(71)53(97-56-45(80)40(75)37(72)29(20-67)90-56)50(85)59(88-25)95-51-26(2)89-54(48(83)43(51)78)87-23-32-39(74)42(77)46(81)57(93-32)96-52-31(22-69)92-55(49(84)44(52)79)94-35-12-13-62(5)33(63(35,6)24-70)11-14-65(8)34(62)10-9-27-28-19-61(3,4)15-17-66(28,18-16-64(27,65)7)60(86)98-58-47(82)41(76)38(73)30(21-68)91-58/h9,25-26,28-59,67-85H,10-24H2,1-8H3/t25-,26-,28?,29-,30-,31-,32-,33?,34?,35+,36-,37-,38-,39+,40+,41+,42+,43-,44-,45-,46-,47-,48-,49-,50-,51-,52-,53+,54+,55+,56+,57+,58+,59-,62+,63+,64-,65-,66+/m1/s1. The van der Waals surface area contributed by atoms with Gasteiger partial charge in [-0.05, 0) is 117 Å². The van der Waals surface area contributed by atoms with E-state index in [-0.39, 0.29) is 46.0 Å². The van der Waals surface area contributed by atoms with E-state index in [0.717, 1.165) is 12.8 Å². The second-order valence-electron chi connectivity index (χ2n) is 31.7. The molecule has 3 unspecified atom stereocenters. The number of esters is 1. The number of carbonyl (C=O) groups excluding carboxylic acids is 1. The molecule has 0 bridgehead atoms. The van der Waals surface area contributed by atoms with Crippen molar-refractivity contribution in [3.8, 4) is 0 Å². The largest absolute Gasteiger partial charge is 0.432 e. The molecular weight excluding hydrogens is 1300 g/mol. The first-order valence-electron chi connectivity index (χ1n) is 34.7. The molecule has 10 fully saturated rings. The Morgan fingerprint density at radius 2 is 0.949 bits per heavy atom. The van der Waals surface area contributed by atoms with Crippen LogP contribution < -0.4 is 0 Å². The molecule has 6 aliphatic heterocycles. The molecule has 0 radical (unpaired) electrons. The Kier molecular flexibility index (Phi) is 22.9. The summed E-state index contributed by atoms with van der Waals surface area (Å²) >= 11 is 0. The van der Waals surface area contributed by atoms with Crippen molar-refractivity contribution in [2.75, 3.05) is 33.0 Å². The van der Waals surface area contributed by atoms with Crippen LogP contribution in [0.5, 0.6) is 0 Å². The Morgan fingerprint density at radius 3 is 1.56 bits per heavy atom. The van der Waals surface area contributed by atoms with Crippen LogP contribution in [-0.4, -0.2) is 326 Å². The van der Waals surface area contributed by atoms with Crippen LogP contribution in [0.15, 0.2) is 11.6 Å². The summed E-state index contributed by atoms with van der Waals surface area (Å²) in [4.78, 5) is 14.8. The summed E-state index contributed by atoms with van der Waals surface area (Å²) < 4.78 is 70.7. The zero-order chi connectivity index (χ0) is 71.6. The van der Waals surface area contributed by atoms with Gasteiger partial charge in [-0.15, -0.1) is 0 Å². The maximum absolute atomic E-state index is 14.8. The van der Waals surface area contributed by atoms with Gasteiger partial charge in [0, 0.05) is 5.41 Å². The summed E-state index contributed by atoms with van der Waals surface area (Å²) in [6.45, 7) is 12.7. The fraction of sp³-hybridized carbons (Fsp3) is 0.955. The van der Waals surface area contributed by atoms with Crippen LogP contribution in [0.25, 0.3) is 0 Å². The molecule has 564 valence electrons. The molecule has 19 N–H and O–H groups in total. The van der Waals surface area contributed by atoms with Crippen LogP contribution in [0.2, 0.25) is 0 Å². The van der Waals surface area contributed by atoms with E-state index in [9.17, 15) is 102 Å². The third-order valence-electron chi connectivity index (χ3n) is 25.7. The van der Waals surface area contributed by atoms with E-state index in [0.29, 0.717) is 51.4 Å². The molecule has 32 nitrogen and oxygen atoms in total. The van der Waals surface area contributed by atoms with E-state index in [1.54, 1.807) is 0 Å². The van der Waals surface area contributed by atoms with E-state index in [4.69, 9.17) is 56.8 Å². The minimum atomic E-state index is -2.02. The lowest BCUT2D eigenvalue weighted by Crippen LogP contribution is -2.67. The van der Waals surface area contributed by atoms with Gasteiger partial charge < -0.3 is 154 Å². The zero-order valence-corrected chi connectivity index (χ0v) is 56.6. The van der Waals surface area contributed by atoms with Gasteiger partial charge in [-0.2, -0.15) is 0 Å². The highest BCUT2D eigenvalue weighted by Gasteiger charge is 2.71. The number of rotatable bonds is 17. The van der Waals surface area contributed by atoms with Crippen LogP contribution in [0.3, 0.4) is 0 Å². The maximum Gasteiger partial charge on any atom is 0.315 e. The average Bonchev–Trinajstić information content (AvgIpc) is 0.675. The van der Waals surface area contributed by atoms with Crippen molar-refractivity contribution in [2.45, 2.75) is 310 Å². The van der Waals surface area contributed by atoms with Crippen molar-refractivity contribution >= 4 is 5.97 Å². The zero-order valence-electron chi connectivity index (χ0n) is 56.6. The molecule has 11 rings (SSSR count). The fourth-order valence-corrected chi connectivity index (χ4v) is 19.3. The minimum Gasteiger partial charge on any atom is -0.432 e. The van der Waals surface area contributed by atoms with E-state index >= 15 is 0 Å². The summed E-state index contributed by atoms with van der Waals surface area (Å²) in [6, 6.07) is 0. The predicted octanol–water partition coefficient (Wildman–Crippen LogP) is -5.36. The lowest BCUT2D eigenvalue weighted by atomic mass is 9.33. The van der Waals surface area contributed by atoms with Gasteiger partial charge in [0.1, 0.15) is 134 Å². The average molecular weight is 1410 g/mol. The first-order chi connectivity index (χ1) is 46.0. The normalized spacial score (nSPS) is 55.0. The molecule has 0 aromatic rings. The van der Waals surface area contributed by atoms with Crippen molar-refractivity contribution in [1.82, 2.24) is 0 Å². The summed E-state index contributed by atoms with van der Waals surface area (Å²) in [5.74, 6) is -0.831. The summed E-state index contributed by atoms with van der Waals surface area (Å²) in [5.41, 5.74) is -1.92. The lowest BCUT2D eigenvalue weighted by Gasteiger charge is -2.71. The molecule has 0 aromatic carbocycles. The number of fused-ring (bicyclic) bond motifs is 7. The number of ether oxygens (including phenoxy) is 12. The highest BCUT2D eigenvalue weighted by Crippen LogP contribution is 2.76. The molecule has 0 amide bonds. The highest BCUT2D eigenvalue weighted by molar-refractivity contribution is 5.79. The van der Waals surface area contributed by atoms with Crippen molar-refractivity contribution in [1.29, 1.82) is 0 Å². The van der Waals surface area contributed by atoms with Crippen LogP contribution in [-0.2, 0) is 61.6 Å². The first kappa shape index (κ1) is 77.1. The van der Waals surface area contributed by atoms with Crippen molar-refractivity contribution in [2.24, 2.45) is 50.2 Å². The maximum atomic E-state index is 14.8. The van der Waals surface area contributed by atoms with E-state index in [1.165, 1.54) is 19.4 Å². The molecule has 5 aliphatic carbocycles. The molecule has 6 heterocycles. The van der Waals surface area contributed by atoms with Gasteiger partial charge in [0.05, 0.1) is 56.8 Å². The second kappa shape index (κ2) is 29.1. The quantitative estimate of drug-likeness (QED) is 0.0367. The Morgan fingerprint density at radius 1 is 0.459 bits per heavy atom. The Labute approximate surface area is 567 Å². The van der Waals surface area contributed by atoms with Gasteiger partial charge in [-0.3, -0.25) is 4.79 Å². The van der Waals surface area contributed by atoms with E-state index < -0.39 is 234 Å². The van der Waals surface area contributed by atoms with Gasteiger partial charge in [-0.25, -0.2) is 0 Å². The van der Waals surface area contributed by atoms with Crippen LogP contribution in [0.1, 0.15) is 120 Å². The Bertz CT molecular complexity index is 2750. The van der Waals surface area contributed by atoms with Gasteiger partial charge in [-0.1, -0.05) is 53.2 Å². The highest BCUT2D eigenvalue weighted by atomic mass is 16.8. The molecule has 32 heteroatoms. The van der Waals surface area contributed by atoms with Crippen LogP contribution in [0.4, 0.5) is 0 Å². The second-order valence-corrected chi connectivity index (χ2v) is 31.7. The Hall–Kier alpha value is -1.99. The lowest BCUT2D eigenvalue weighted by molar-refractivity contribution is -0.381. The van der Waals surface area contributed by atoms with E-state index in [2.05, 4.69) is 40.7 Å². The fourth-order valence-electron chi connectivity index (χ4n) is 19.3. The smallest absolute Gasteiger partial charge is 0.315 e. The molecule has 0 aromatic heterocycles. The molecule has 98 heavy (non-hydrogen) atoms. The molecular formula is C66H108O32. The Balaban J connectivity index is 0.715. The van der Waals surface area contributed by atoms with Crippen LogP contribution in [0, 0.1) is 50.2 Å². The van der Waals surface area contributed by atoms with Gasteiger partial charge in [0.2, 0.25) is 6.29 Å². The van der Waals surface area contributed by atoms with Gasteiger partial charge >= 0.3 is 5.97 Å². The predicted molar refractivity (Wildman–Crippen MR) is 327 cm³/mol. The SMILES string of the molecule is C[C@H]1O[C@H](O[C@H]2[C@H](O)[C@@H](O)[C@@H](OC[C@H]3O[C@@H](O[C@H]4[C@H](O)[C@@H](O)[C@H](O[C@H]5CC[C@@]6(C)C(CC[C@]7(C)C6CC=C6C8CC(C)(C)CC[C@]8(C(=O)O[C@@H]8O[C@H](CO)[C@@H](O)[C@H](O)[C@H]8O)CC[C@]67C)[C@]5(C)CO)O[C@@H]4CO)[C@H](O)[C@@H](O)[C@H]3O)O[C@@H]2C)[C@H](O)[C@@H](O[C@@H]2O[C@H](CO)[C@@H](O)[C@H](O)[C@H]2O)[C@@H]1O. The third-order valence-corrected chi connectivity index (χ3v) is 25.7. The molecule has 0 spiro atoms. The summed E-state index contributed by atoms with van der Waals surface area (Å²) in [7, 11) is 0. The molecule has 39 atom stereocenters. The van der Waals surface area contributed by atoms with Gasteiger partial charge in [0.25, 0.3) is 0 Å². The number of hydrogen-bond acceptors (Lipinski definition) is 32. The number of aliphatic hydroxyl groups excluding tert-OH is 19. The molecule has 6 saturated heterocycles. The summed E-state index contributed by atoms with van der Waals surface area (Å²) in [5, 5.41) is 207. The number of aliphatic hydroxyl groups is 19. The third kappa shape index (κ3) is 13.1. The van der Waals surface area contributed by atoms with Crippen molar-refractivity contribution in [3.63, 3.8) is 0 Å². The molecule has 11 aliphatic rings. The van der Waals surface area contributed by atoms with Crippen molar-refractivity contribution < 1.29 is 159 Å². The number of allylic oxidation sites excluding steroid dienone is 2. The van der Waals surface area contributed by atoms with Crippen molar-refractivity contribution in [3.05, 3.63) is 11.6 Å². The molecule has 4 saturated carbocycles. The van der Waals surface area contributed by atoms with E-state index in [1.807, 2.05) is 6.92 Å². The monoisotopic (exact) mass is 1410 g/mol. The van der Waals surface area contributed by atoms with Gasteiger partial charge in [0.15, 0.2) is 31.5 Å². The topological polar surface area (TPSA) is 512 Å². The number of hydrogen-bond donors (Lipinski definition) is 19. The summed E-state index contributed by atoms with van der Waals surface area (Å²) in [6.07, 6.45) is -43.0.